The number of thioether (sulfide) groups is 1. The minimum Gasteiger partial charge on any atom is -0.356 e. The van der Waals surface area contributed by atoms with E-state index >= 15 is 0 Å². The molecule has 2 aromatic heterocycles. The van der Waals surface area contributed by atoms with Crippen LogP contribution in [0.3, 0.4) is 0 Å². The van der Waals surface area contributed by atoms with E-state index in [-0.39, 0.29) is 0 Å². The third-order valence-corrected chi connectivity index (χ3v) is 5.47. The van der Waals surface area contributed by atoms with Gasteiger partial charge in [0, 0.05) is 20.1 Å². The smallest absolute Gasteiger partial charge is 0.191 e. The number of aliphatic imine (C=N–C) groups is 1. The lowest BCUT2D eigenvalue weighted by molar-refractivity contribution is 0.690. The van der Waals surface area contributed by atoms with Crippen molar-refractivity contribution >= 4 is 29.1 Å². The van der Waals surface area contributed by atoms with Gasteiger partial charge in [0.25, 0.3) is 0 Å². The number of hydrogen-bond acceptors (Lipinski definition) is 5. The van der Waals surface area contributed by atoms with E-state index in [1.54, 1.807) is 11.3 Å². The van der Waals surface area contributed by atoms with E-state index in [4.69, 9.17) is 0 Å². The molecule has 2 heterocycles. The topological polar surface area (TPSA) is 67.1 Å². The highest BCUT2D eigenvalue weighted by Gasteiger charge is 2.08. The molecule has 6 nitrogen and oxygen atoms in total. The zero-order chi connectivity index (χ0) is 18.1. The first-order chi connectivity index (χ1) is 12.1. The first-order valence-electron chi connectivity index (χ1n) is 8.50. The monoisotopic (exact) mass is 380 g/mol. The SMILES string of the molecule is CSCCCNC(=NCc1nnc(C)n1C)NCC(C)c1ccsc1. The van der Waals surface area contributed by atoms with Gasteiger partial charge in [0.15, 0.2) is 11.8 Å². The van der Waals surface area contributed by atoms with Crippen molar-refractivity contribution in [2.75, 3.05) is 25.1 Å². The van der Waals surface area contributed by atoms with E-state index in [2.05, 4.69) is 55.8 Å². The lowest BCUT2D eigenvalue weighted by atomic mass is 10.1. The lowest BCUT2D eigenvalue weighted by Crippen LogP contribution is -2.39. The standard InChI is InChI=1S/C17H28N6S2/c1-13(15-6-9-25-12-15)10-19-17(18-7-5-8-24-4)20-11-16-22-21-14(2)23(16)3/h6,9,12-13H,5,7-8,10-11H2,1-4H3,(H2,18,19,20). The van der Waals surface area contributed by atoms with E-state index in [1.165, 1.54) is 5.56 Å². The Kier molecular flexibility index (Phi) is 8.27. The summed E-state index contributed by atoms with van der Waals surface area (Å²) in [6, 6.07) is 2.18. The maximum absolute atomic E-state index is 4.69. The van der Waals surface area contributed by atoms with E-state index < -0.39 is 0 Å². The van der Waals surface area contributed by atoms with Gasteiger partial charge in [-0.1, -0.05) is 6.92 Å². The number of nitrogens with zero attached hydrogens (tertiary/aromatic N) is 4. The second-order valence-corrected chi connectivity index (χ2v) is 7.76. The summed E-state index contributed by atoms with van der Waals surface area (Å²) < 4.78 is 1.98. The molecule has 2 aromatic rings. The predicted octanol–water partition coefficient (Wildman–Crippen LogP) is 2.78. The van der Waals surface area contributed by atoms with Crippen molar-refractivity contribution in [3.05, 3.63) is 34.0 Å². The molecule has 0 saturated heterocycles. The molecule has 25 heavy (non-hydrogen) atoms. The molecule has 0 saturated carbocycles. The molecule has 2 N–H and O–H groups in total. The number of guanidine groups is 1. The third kappa shape index (κ3) is 6.36. The number of aromatic nitrogens is 3. The van der Waals surface area contributed by atoms with Crippen LogP contribution in [0.4, 0.5) is 0 Å². The summed E-state index contributed by atoms with van der Waals surface area (Å²) in [5, 5.41) is 19.5. The van der Waals surface area contributed by atoms with Gasteiger partial charge in [-0.05, 0) is 53.7 Å². The first-order valence-corrected chi connectivity index (χ1v) is 10.8. The first kappa shape index (κ1) is 19.8. The maximum atomic E-state index is 4.69. The summed E-state index contributed by atoms with van der Waals surface area (Å²) >= 11 is 3.60. The van der Waals surface area contributed by atoms with E-state index in [1.807, 2.05) is 30.3 Å². The minimum atomic E-state index is 0.446. The van der Waals surface area contributed by atoms with Gasteiger partial charge in [-0.15, -0.1) is 10.2 Å². The second-order valence-electron chi connectivity index (χ2n) is 6.00. The summed E-state index contributed by atoms with van der Waals surface area (Å²) in [4.78, 5) is 4.69. The van der Waals surface area contributed by atoms with Crippen molar-refractivity contribution in [3.8, 4) is 0 Å². The van der Waals surface area contributed by atoms with Gasteiger partial charge in [0.1, 0.15) is 12.4 Å². The Balaban J connectivity index is 1.93. The zero-order valence-corrected chi connectivity index (χ0v) is 17.1. The Bertz CT molecular complexity index is 650. The lowest BCUT2D eigenvalue weighted by Gasteiger charge is -2.16. The number of rotatable bonds is 9. The molecule has 0 bridgehead atoms. The average molecular weight is 381 g/mol. The zero-order valence-electron chi connectivity index (χ0n) is 15.5. The molecule has 0 aromatic carbocycles. The number of nitrogens with one attached hydrogen (secondary N) is 2. The summed E-state index contributed by atoms with van der Waals surface area (Å²) in [5.41, 5.74) is 1.36. The van der Waals surface area contributed by atoms with Crippen LogP contribution in [-0.2, 0) is 13.6 Å². The van der Waals surface area contributed by atoms with Gasteiger partial charge in [0.2, 0.25) is 0 Å². The number of thiophene rings is 1. The van der Waals surface area contributed by atoms with Crippen LogP contribution in [0.15, 0.2) is 21.8 Å². The van der Waals surface area contributed by atoms with Gasteiger partial charge in [-0.2, -0.15) is 23.1 Å². The molecular formula is C17H28N6S2. The van der Waals surface area contributed by atoms with Crippen molar-refractivity contribution in [2.45, 2.75) is 32.7 Å². The van der Waals surface area contributed by atoms with Crippen LogP contribution in [0, 0.1) is 6.92 Å². The Morgan fingerprint density at radius 3 is 2.88 bits per heavy atom. The van der Waals surface area contributed by atoms with E-state index in [0.717, 1.165) is 42.9 Å². The van der Waals surface area contributed by atoms with E-state index in [9.17, 15) is 0 Å². The van der Waals surface area contributed by atoms with Crippen molar-refractivity contribution in [1.82, 2.24) is 25.4 Å². The fourth-order valence-electron chi connectivity index (χ4n) is 2.26. The quantitative estimate of drug-likeness (QED) is 0.398. The molecule has 0 aliphatic carbocycles. The molecular weight excluding hydrogens is 352 g/mol. The highest BCUT2D eigenvalue weighted by molar-refractivity contribution is 7.98. The Morgan fingerprint density at radius 1 is 1.40 bits per heavy atom. The van der Waals surface area contributed by atoms with Crippen molar-refractivity contribution < 1.29 is 0 Å². The molecule has 0 aliphatic rings. The minimum absolute atomic E-state index is 0.446. The van der Waals surface area contributed by atoms with Crippen LogP contribution < -0.4 is 10.6 Å². The average Bonchev–Trinajstić information content (AvgIpc) is 3.25. The predicted molar refractivity (Wildman–Crippen MR) is 109 cm³/mol. The summed E-state index contributed by atoms with van der Waals surface area (Å²) in [7, 11) is 1.97. The summed E-state index contributed by atoms with van der Waals surface area (Å²) in [6.07, 6.45) is 3.25. The number of hydrogen-bond donors (Lipinski definition) is 2. The van der Waals surface area contributed by atoms with Gasteiger partial charge < -0.3 is 15.2 Å². The summed E-state index contributed by atoms with van der Waals surface area (Å²) in [6.45, 7) is 6.46. The van der Waals surface area contributed by atoms with Gasteiger partial charge in [0.05, 0.1) is 0 Å². The fraction of sp³-hybridized carbons (Fsp3) is 0.588. The Labute approximate surface area is 158 Å². The van der Waals surface area contributed by atoms with Gasteiger partial charge in [-0.3, -0.25) is 0 Å². The van der Waals surface area contributed by atoms with Crippen molar-refractivity contribution in [2.24, 2.45) is 12.0 Å². The molecule has 1 unspecified atom stereocenters. The second kappa shape index (κ2) is 10.5. The largest absolute Gasteiger partial charge is 0.356 e. The van der Waals surface area contributed by atoms with Gasteiger partial charge >= 0.3 is 0 Å². The van der Waals surface area contributed by atoms with Crippen LogP contribution in [-0.4, -0.2) is 45.8 Å². The normalized spacial score (nSPS) is 13.0. The number of aryl methyl sites for hydroxylation is 1. The molecule has 0 spiro atoms. The van der Waals surface area contributed by atoms with Crippen LogP contribution in [0.5, 0.6) is 0 Å². The molecule has 2 rings (SSSR count). The van der Waals surface area contributed by atoms with Crippen LogP contribution in [0.1, 0.15) is 36.5 Å². The molecule has 138 valence electrons. The maximum Gasteiger partial charge on any atom is 0.191 e. The van der Waals surface area contributed by atoms with Crippen molar-refractivity contribution in [3.63, 3.8) is 0 Å². The highest BCUT2D eigenvalue weighted by Crippen LogP contribution is 2.17. The highest BCUT2D eigenvalue weighted by atomic mass is 32.2. The van der Waals surface area contributed by atoms with E-state index in [0.29, 0.717) is 12.5 Å². The van der Waals surface area contributed by atoms with Crippen LogP contribution in [0.2, 0.25) is 0 Å². The van der Waals surface area contributed by atoms with Crippen LogP contribution in [0.25, 0.3) is 0 Å². The van der Waals surface area contributed by atoms with Crippen molar-refractivity contribution in [1.29, 1.82) is 0 Å². The third-order valence-electron chi connectivity index (χ3n) is 4.07. The summed E-state index contributed by atoms with van der Waals surface area (Å²) in [5.74, 6) is 4.20. The van der Waals surface area contributed by atoms with Crippen LogP contribution >= 0.6 is 23.1 Å². The molecule has 0 aliphatic heterocycles. The molecule has 0 fully saturated rings. The van der Waals surface area contributed by atoms with Gasteiger partial charge in [-0.25, -0.2) is 4.99 Å². The Hall–Kier alpha value is -1.54. The molecule has 8 heteroatoms. The molecule has 1 atom stereocenters. The molecule has 0 amide bonds. The molecule has 0 radical (unpaired) electrons. The fourth-order valence-corrected chi connectivity index (χ4v) is 3.47. The Morgan fingerprint density at radius 2 is 2.24 bits per heavy atom.